The topological polar surface area (TPSA) is 72.7 Å². The second kappa shape index (κ2) is 5.68. The monoisotopic (exact) mass is 301 g/mol. The van der Waals surface area contributed by atoms with E-state index in [0.29, 0.717) is 11.6 Å². The molecule has 22 heavy (non-hydrogen) atoms. The minimum atomic E-state index is -1.08. The molecule has 0 unspecified atom stereocenters. The number of imidazole rings is 1. The van der Waals surface area contributed by atoms with Gasteiger partial charge < -0.3 is 5.32 Å². The highest BCUT2D eigenvalue weighted by Crippen LogP contribution is 2.12. The van der Waals surface area contributed by atoms with Gasteiger partial charge in [0, 0.05) is 18.0 Å². The fraction of sp³-hybridized carbons (Fsp3) is 0. The Hall–Kier alpha value is -3.16. The van der Waals surface area contributed by atoms with Gasteiger partial charge in [-0.2, -0.15) is 0 Å². The maximum atomic E-state index is 13.1. The summed E-state index contributed by atoms with van der Waals surface area (Å²) in [6.07, 6.45) is 7.60. The number of carbonyl (C=O) groups is 1. The molecule has 0 spiro atoms. The molecular weight excluding hydrogens is 292 g/mol. The first-order valence-corrected chi connectivity index (χ1v) is 6.20. The lowest BCUT2D eigenvalue weighted by Gasteiger charge is -2.06. The molecule has 1 amide bonds. The highest BCUT2D eigenvalue weighted by atomic mass is 19.2. The Morgan fingerprint density at radius 2 is 1.91 bits per heavy atom. The normalized spacial score (nSPS) is 10.5. The van der Waals surface area contributed by atoms with Gasteiger partial charge in [-0.05, 0) is 18.2 Å². The summed E-state index contributed by atoms with van der Waals surface area (Å²) in [4.78, 5) is 23.9. The molecule has 0 bridgehead atoms. The van der Waals surface area contributed by atoms with E-state index in [1.54, 1.807) is 17.0 Å². The van der Waals surface area contributed by atoms with Crippen molar-refractivity contribution in [2.24, 2.45) is 0 Å². The highest BCUT2D eigenvalue weighted by molar-refractivity contribution is 6.04. The largest absolute Gasteiger partial charge is 0.319 e. The number of halogens is 2. The number of hydrogen-bond acceptors (Lipinski definition) is 4. The lowest BCUT2D eigenvalue weighted by Crippen LogP contribution is -2.13. The molecule has 1 N–H and O–H groups in total. The van der Waals surface area contributed by atoms with Gasteiger partial charge in [-0.3, -0.25) is 9.36 Å². The summed E-state index contributed by atoms with van der Waals surface area (Å²) in [7, 11) is 0. The SMILES string of the molecule is O=C(Nc1cnc(-n2ccnc2)nc1)c1ccc(F)c(F)c1. The second-order valence-corrected chi connectivity index (χ2v) is 4.32. The van der Waals surface area contributed by atoms with Gasteiger partial charge in [-0.25, -0.2) is 23.7 Å². The van der Waals surface area contributed by atoms with Gasteiger partial charge in [-0.1, -0.05) is 0 Å². The van der Waals surface area contributed by atoms with E-state index in [9.17, 15) is 13.6 Å². The highest BCUT2D eigenvalue weighted by Gasteiger charge is 2.10. The van der Waals surface area contributed by atoms with Gasteiger partial charge in [-0.15, -0.1) is 0 Å². The molecule has 2 aromatic heterocycles. The molecule has 0 aliphatic rings. The average molecular weight is 301 g/mol. The molecule has 8 heteroatoms. The van der Waals surface area contributed by atoms with Crippen molar-refractivity contribution in [3.05, 3.63) is 66.5 Å². The van der Waals surface area contributed by atoms with E-state index in [2.05, 4.69) is 20.3 Å². The van der Waals surface area contributed by atoms with E-state index in [4.69, 9.17) is 0 Å². The molecule has 110 valence electrons. The second-order valence-electron chi connectivity index (χ2n) is 4.32. The number of hydrogen-bond donors (Lipinski definition) is 1. The zero-order valence-corrected chi connectivity index (χ0v) is 11.1. The lowest BCUT2D eigenvalue weighted by atomic mass is 10.2. The van der Waals surface area contributed by atoms with Crippen molar-refractivity contribution in [3.8, 4) is 5.95 Å². The molecular formula is C14H9F2N5O. The van der Waals surface area contributed by atoms with Crippen molar-refractivity contribution in [1.29, 1.82) is 0 Å². The van der Waals surface area contributed by atoms with E-state index in [1.807, 2.05) is 0 Å². The Labute approximate surface area is 123 Å². The van der Waals surface area contributed by atoms with Crippen LogP contribution in [0.15, 0.2) is 49.3 Å². The van der Waals surface area contributed by atoms with Crippen LogP contribution in [0.4, 0.5) is 14.5 Å². The predicted molar refractivity (Wildman–Crippen MR) is 73.5 cm³/mol. The quantitative estimate of drug-likeness (QED) is 0.805. The van der Waals surface area contributed by atoms with E-state index >= 15 is 0 Å². The number of nitrogens with one attached hydrogen (secondary N) is 1. The van der Waals surface area contributed by atoms with Crippen LogP contribution in [0.2, 0.25) is 0 Å². The number of amides is 1. The third-order valence-corrected chi connectivity index (χ3v) is 2.81. The third-order valence-electron chi connectivity index (χ3n) is 2.81. The van der Waals surface area contributed by atoms with E-state index in [1.165, 1.54) is 24.8 Å². The molecule has 0 fully saturated rings. The molecule has 2 heterocycles. The van der Waals surface area contributed by atoms with Crippen LogP contribution in [-0.4, -0.2) is 25.4 Å². The minimum absolute atomic E-state index is 0.00224. The molecule has 0 saturated heterocycles. The zero-order valence-electron chi connectivity index (χ0n) is 11.1. The predicted octanol–water partition coefficient (Wildman–Crippen LogP) is 2.19. The zero-order chi connectivity index (χ0) is 15.5. The minimum Gasteiger partial charge on any atom is -0.319 e. The average Bonchev–Trinajstić information content (AvgIpc) is 3.05. The number of benzene rings is 1. The Kier molecular flexibility index (Phi) is 3.57. The fourth-order valence-electron chi connectivity index (χ4n) is 1.74. The summed E-state index contributed by atoms with van der Waals surface area (Å²) in [6, 6.07) is 2.91. The Balaban J connectivity index is 1.75. The van der Waals surface area contributed by atoms with Crippen LogP contribution < -0.4 is 5.32 Å². The first kappa shape index (κ1) is 13.8. The van der Waals surface area contributed by atoms with Crippen LogP contribution in [0, 0.1) is 11.6 Å². The molecule has 0 saturated carbocycles. The van der Waals surface area contributed by atoms with Gasteiger partial charge in [0.15, 0.2) is 11.6 Å². The first-order valence-electron chi connectivity index (χ1n) is 6.20. The maximum Gasteiger partial charge on any atom is 0.255 e. The van der Waals surface area contributed by atoms with Crippen LogP contribution >= 0.6 is 0 Å². The van der Waals surface area contributed by atoms with Crippen molar-refractivity contribution >= 4 is 11.6 Å². The molecule has 3 aromatic rings. The molecule has 0 aliphatic heterocycles. The van der Waals surface area contributed by atoms with Crippen LogP contribution in [0.5, 0.6) is 0 Å². The smallest absolute Gasteiger partial charge is 0.255 e. The summed E-state index contributed by atoms with van der Waals surface area (Å²) >= 11 is 0. The van der Waals surface area contributed by atoms with Gasteiger partial charge in [0.2, 0.25) is 5.95 Å². The Morgan fingerprint density at radius 1 is 1.14 bits per heavy atom. The number of carbonyl (C=O) groups excluding carboxylic acids is 1. The van der Waals surface area contributed by atoms with Gasteiger partial charge in [0.1, 0.15) is 6.33 Å². The molecule has 3 rings (SSSR count). The first-order chi connectivity index (χ1) is 10.6. The van der Waals surface area contributed by atoms with Crippen LogP contribution in [0.1, 0.15) is 10.4 Å². The van der Waals surface area contributed by atoms with Crippen LogP contribution in [0.3, 0.4) is 0 Å². The van der Waals surface area contributed by atoms with E-state index in [0.717, 1.165) is 12.1 Å². The van der Waals surface area contributed by atoms with E-state index < -0.39 is 17.5 Å². The van der Waals surface area contributed by atoms with E-state index in [-0.39, 0.29) is 5.56 Å². The van der Waals surface area contributed by atoms with Gasteiger partial charge >= 0.3 is 0 Å². The van der Waals surface area contributed by atoms with Crippen molar-refractivity contribution < 1.29 is 13.6 Å². The van der Waals surface area contributed by atoms with Crippen molar-refractivity contribution in [2.45, 2.75) is 0 Å². The fourth-order valence-corrected chi connectivity index (χ4v) is 1.74. The molecule has 1 aromatic carbocycles. The summed E-state index contributed by atoms with van der Waals surface area (Å²) < 4.78 is 27.5. The number of nitrogens with zero attached hydrogens (tertiary/aromatic N) is 4. The molecule has 6 nitrogen and oxygen atoms in total. The van der Waals surface area contributed by atoms with Crippen LogP contribution in [0.25, 0.3) is 5.95 Å². The lowest BCUT2D eigenvalue weighted by molar-refractivity contribution is 0.102. The van der Waals surface area contributed by atoms with Crippen LogP contribution in [-0.2, 0) is 0 Å². The van der Waals surface area contributed by atoms with Gasteiger partial charge in [0.05, 0.1) is 18.1 Å². The number of anilines is 1. The summed E-state index contributed by atoms with van der Waals surface area (Å²) in [6.45, 7) is 0. The molecule has 0 aliphatic carbocycles. The molecule has 0 atom stereocenters. The maximum absolute atomic E-state index is 13.1. The summed E-state index contributed by atoms with van der Waals surface area (Å²) in [5, 5.41) is 2.50. The third kappa shape index (κ3) is 2.80. The molecule has 0 radical (unpaired) electrons. The standard InChI is InChI=1S/C14H9F2N5O/c15-11-2-1-9(5-12(11)16)13(22)20-10-6-18-14(19-7-10)21-4-3-17-8-21/h1-8H,(H,20,22). The van der Waals surface area contributed by atoms with Crippen molar-refractivity contribution in [2.75, 3.05) is 5.32 Å². The van der Waals surface area contributed by atoms with Gasteiger partial charge in [0.25, 0.3) is 5.91 Å². The van der Waals surface area contributed by atoms with Crippen molar-refractivity contribution in [3.63, 3.8) is 0 Å². The summed E-state index contributed by atoms with van der Waals surface area (Å²) in [5.74, 6) is -2.29. The Bertz CT molecular complexity index is 803. The summed E-state index contributed by atoms with van der Waals surface area (Å²) in [5.41, 5.74) is 0.330. The van der Waals surface area contributed by atoms with Crippen molar-refractivity contribution in [1.82, 2.24) is 19.5 Å². The Morgan fingerprint density at radius 3 is 2.55 bits per heavy atom. The number of aromatic nitrogens is 4. The number of rotatable bonds is 3.